The lowest BCUT2D eigenvalue weighted by Gasteiger charge is -2.04. The van der Waals surface area contributed by atoms with Gasteiger partial charge >= 0.3 is 5.97 Å². The molecule has 0 spiro atoms. The number of furan rings is 1. The van der Waals surface area contributed by atoms with E-state index in [4.69, 9.17) is 4.42 Å². The van der Waals surface area contributed by atoms with E-state index in [9.17, 15) is 20.2 Å². The molecular weight excluding hydrogens is 366 g/mol. The van der Waals surface area contributed by atoms with Crippen LogP contribution in [0.1, 0.15) is 21.7 Å². The molecule has 140 valence electrons. The smallest absolute Gasteiger partial charge is 0.342 e. The van der Waals surface area contributed by atoms with E-state index in [-0.39, 0.29) is 34.3 Å². The number of anilines is 2. The minimum Gasteiger partial charge on any atom is -0.465 e. The summed E-state index contributed by atoms with van der Waals surface area (Å²) in [6.07, 6.45) is 0. The first-order valence-corrected chi connectivity index (χ1v) is 7.92. The van der Waals surface area contributed by atoms with Crippen LogP contribution in [0.3, 0.4) is 0 Å². The van der Waals surface area contributed by atoms with Crippen LogP contribution >= 0.6 is 0 Å². The number of rotatable bonds is 5. The molecule has 0 bridgehead atoms. The second-order valence-electron chi connectivity index (χ2n) is 5.58. The molecule has 28 heavy (non-hydrogen) atoms. The van der Waals surface area contributed by atoms with Crippen LogP contribution in [0.25, 0.3) is 11.3 Å². The minimum atomic E-state index is -0.682. The number of ether oxygens (including phenoxy) is 1. The van der Waals surface area contributed by atoms with Gasteiger partial charge in [-0.25, -0.2) is 4.79 Å². The van der Waals surface area contributed by atoms with Crippen molar-refractivity contribution in [3.8, 4) is 17.3 Å². The third-order valence-corrected chi connectivity index (χ3v) is 3.84. The van der Waals surface area contributed by atoms with Gasteiger partial charge in [-0.2, -0.15) is 5.26 Å². The van der Waals surface area contributed by atoms with Gasteiger partial charge in [0.25, 0.3) is 5.69 Å². The molecule has 0 aliphatic heterocycles. The van der Waals surface area contributed by atoms with Crippen molar-refractivity contribution in [3.05, 3.63) is 63.4 Å². The molecule has 1 aromatic carbocycles. The maximum Gasteiger partial charge on any atom is 0.342 e. The highest BCUT2D eigenvalue weighted by Gasteiger charge is 2.24. The van der Waals surface area contributed by atoms with E-state index in [1.165, 1.54) is 26.2 Å². The van der Waals surface area contributed by atoms with Crippen LogP contribution in [0.5, 0.6) is 0 Å². The molecule has 0 unspecified atom stereocenters. The topological polar surface area (TPSA) is 144 Å². The van der Waals surface area contributed by atoms with Crippen molar-refractivity contribution in [1.82, 2.24) is 10.2 Å². The molecule has 0 amide bonds. The van der Waals surface area contributed by atoms with E-state index in [2.05, 4.69) is 20.3 Å². The average molecular weight is 379 g/mol. The molecule has 0 aliphatic rings. The Labute approximate surface area is 158 Å². The summed E-state index contributed by atoms with van der Waals surface area (Å²) in [4.78, 5) is 22.2. The quantitative estimate of drug-likeness (QED) is 0.400. The summed E-state index contributed by atoms with van der Waals surface area (Å²) in [5.74, 6) is -0.154. The van der Waals surface area contributed by atoms with E-state index in [0.29, 0.717) is 11.3 Å². The summed E-state index contributed by atoms with van der Waals surface area (Å²) < 4.78 is 10.1. The van der Waals surface area contributed by atoms with E-state index < -0.39 is 10.9 Å². The normalized spacial score (nSPS) is 10.2. The van der Waals surface area contributed by atoms with Gasteiger partial charge in [-0.15, -0.1) is 10.2 Å². The molecule has 3 rings (SSSR count). The number of hydrogen-bond acceptors (Lipinski definition) is 9. The molecule has 1 N–H and O–H groups in total. The van der Waals surface area contributed by atoms with Crippen LogP contribution in [-0.2, 0) is 4.74 Å². The summed E-state index contributed by atoms with van der Waals surface area (Å²) in [6, 6.07) is 11.1. The van der Waals surface area contributed by atoms with Gasteiger partial charge in [0.15, 0.2) is 5.82 Å². The lowest BCUT2D eigenvalue weighted by atomic mass is 10.1. The SMILES string of the molecule is COC(=O)c1c(C)oc(Nc2ccc(-c3cccc([N+](=O)[O-])c3)nn2)c1C#N. The van der Waals surface area contributed by atoms with Crippen LogP contribution in [0.15, 0.2) is 40.8 Å². The van der Waals surface area contributed by atoms with Crippen LogP contribution < -0.4 is 5.32 Å². The number of benzene rings is 1. The highest BCUT2D eigenvalue weighted by Crippen LogP contribution is 2.29. The zero-order chi connectivity index (χ0) is 20.3. The van der Waals surface area contributed by atoms with Gasteiger partial charge in [0.05, 0.1) is 17.7 Å². The Morgan fingerprint density at radius 1 is 1.32 bits per heavy atom. The van der Waals surface area contributed by atoms with Crippen molar-refractivity contribution < 1.29 is 18.9 Å². The molecule has 2 heterocycles. The maximum absolute atomic E-state index is 11.8. The number of hydrogen-bond donors (Lipinski definition) is 1. The maximum atomic E-state index is 11.8. The second kappa shape index (κ2) is 7.55. The van der Waals surface area contributed by atoms with E-state index in [0.717, 1.165) is 0 Å². The van der Waals surface area contributed by atoms with Crippen LogP contribution in [0.2, 0.25) is 0 Å². The van der Waals surface area contributed by atoms with Gasteiger partial charge in [0.1, 0.15) is 23.0 Å². The Hall–Kier alpha value is -4.26. The Balaban J connectivity index is 1.88. The van der Waals surface area contributed by atoms with Crippen molar-refractivity contribution >= 4 is 23.4 Å². The molecule has 10 heteroatoms. The molecule has 0 saturated heterocycles. The molecular formula is C18H13N5O5. The number of aromatic nitrogens is 2. The fraction of sp³-hybridized carbons (Fsp3) is 0.111. The number of carbonyl (C=O) groups is 1. The Bertz CT molecular complexity index is 1100. The third-order valence-electron chi connectivity index (χ3n) is 3.84. The van der Waals surface area contributed by atoms with Crippen molar-refractivity contribution in [1.29, 1.82) is 5.26 Å². The number of nitriles is 1. The summed E-state index contributed by atoms with van der Waals surface area (Å²) in [5.41, 5.74) is 0.942. The Morgan fingerprint density at radius 3 is 2.71 bits per heavy atom. The molecule has 0 aliphatic carbocycles. The number of methoxy groups -OCH3 is 1. The zero-order valence-electron chi connectivity index (χ0n) is 14.8. The van der Waals surface area contributed by atoms with Crippen LogP contribution in [-0.4, -0.2) is 28.2 Å². The first kappa shape index (κ1) is 18.5. The highest BCUT2D eigenvalue weighted by atomic mass is 16.6. The number of nitrogens with zero attached hydrogens (tertiary/aromatic N) is 4. The van der Waals surface area contributed by atoms with Crippen LogP contribution in [0.4, 0.5) is 17.4 Å². The summed E-state index contributed by atoms with van der Waals surface area (Å²) in [5, 5.41) is 31.1. The summed E-state index contributed by atoms with van der Waals surface area (Å²) in [6.45, 7) is 1.54. The number of nitrogens with one attached hydrogen (secondary N) is 1. The Morgan fingerprint density at radius 2 is 2.11 bits per heavy atom. The van der Waals surface area contributed by atoms with E-state index >= 15 is 0 Å². The highest BCUT2D eigenvalue weighted by molar-refractivity contribution is 5.95. The summed E-state index contributed by atoms with van der Waals surface area (Å²) >= 11 is 0. The molecule has 0 fully saturated rings. The number of carbonyl (C=O) groups excluding carboxylic acids is 1. The number of esters is 1. The van der Waals surface area contributed by atoms with Gasteiger partial charge in [-0.05, 0) is 19.1 Å². The largest absolute Gasteiger partial charge is 0.465 e. The fourth-order valence-corrected chi connectivity index (χ4v) is 2.54. The first-order valence-electron chi connectivity index (χ1n) is 7.92. The standard InChI is InChI=1S/C18H13N5O5/c1-10-16(18(24)27-2)13(9-19)17(28-10)20-15-7-6-14(21-22-15)11-4-3-5-12(8-11)23(25)26/h3-8H,1-2H3,(H,20,22). The Kier molecular flexibility index (Phi) is 4.99. The molecule has 10 nitrogen and oxygen atoms in total. The molecule has 2 aromatic heterocycles. The minimum absolute atomic E-state index is 0.00564. The van der Waals surface area contributed by atoms with E-state index in [1.807, 2.05) is 6.07 Å². The van der Waals surface area contributed by atoms with Crippen molar-refractivity contribution in [2.45, 2.75) is 6.92 Å². The number of non-ortho nitro benzene ring substituents is 1. The first-order chi connectivity index (χ1) is 13.4. The predicted octanol–water partition coefficient (Wildman–Crippen LogP) is 3.36. The van der Waals surface area contributed by atoms with Crippen LogP contribution in [0, 0.1) is 28.4 Å². The van der Waals surface area contributed by atoms with Crippen molar-refractivity contribution in [3.63, 3.8) is 0 Å². The fourth-order valence-electron chi connectivity index (χ4n) is 2.54. The van der Waals surface area contributed by atoms with Gasteiger partial charge in [0, 0.05) is 17.7 Å². The lowest BCUT2D eigenvalue weighted by molar-refractivity contribution is -0.384. The van der Waals surface area contributed by atoms with Gasteiger partial charge in [-0.3, -0.25) is 10.1 Å². The monoisotopic (exact) mass is 379 g/mol. The average Bonchev–Trinajstić information content (AvgIpc) is 3.02. The van der Waals surface area contributed by atoms with Gasteiger partial charge < -0.3 is 14.5 Å². The molecule has 0 atom stereocenters. The molecule has 0 saturated carbocycles. The number of nitro groups is 1. The molecule has 3 aromatic rings. The number of aryl methyl sites for hydroxylation is 1. The zero-order valence-corrected chi connectivity index (χ0v) is 14.8. The van der Waals surface area contributed by atoms with Crippen molar-refractivity contribution in [2.24, 2.45) is 0 Å². The second-order valence-corrected chi connectivity index (χ2v) is 5.58. The van der Waals surface area contributed by atoms with Gasteiger partial charge in [-0.1, -0.05) is 12.1 Å². The molecule has 0 radical (unpaired) electrons. The third kappa shape index (κ3) is 3.49. The lowest BCUT2D eigenvalue weighted by Crippen LogP contribution is -2.04. The predicted molar refractivity (Wildman–Crippen MR) is 96.9 cm³/mol. The van der Waals surface area contributed by atoms with E-state index in [1.54, 1.807) is 24.3 Å². The van der Waals surface area contributed by atoms with Gasteiger partial charge in [0.2, 0.25) is 5.88 Å². The number of nitro benzene ring substituents is 1. The summed E-state index contributed by atoms with van der Waals surface area (Å²) in [7, 11) is 1.21. The van der Waals surface area contributed by atoms with Crippen molar-refractivity contribution in [2.75, 3.05) is 12.4 Å².